The fraction of sp³-hybridized carbons (Fsp3) is 0.130. The Labute approximate surface area is 174 Å². The Morgan fingerprint density at radius 1 is 1.07 bits per heavy atom. The lowest BCUT2D eigenvalue weighted by Gasteiger charge is -2.11. The van der Waals surface area contributed by atoms with Crippen molar-refractivity contribution in [2.45, 2.75) is 13.5 Å². The van der Waals surface area contributed by atoms with Crippen molar-refractivity contribution in [1.82, 2.24) is 5.43 Å². The minimum absolute atomic E-state index is 0.269. The molecule has 3 aromatic carbocycles. The maximum absolute atomic E-state index is 12.1. The van der Waals surface area contributed by atoms with Gasteiger partial charge in [0.25, 0.3) is 5.91 Å². The Hall–Kier alpha value is -3.31. The van der Waals surface area contributed by atoms with E-state index in [2.05, 4.69) is 10.5 Å². The van der Waals surface area contributed by atoms with E-state index in [9.17, 15) is 4.79 Å². The van der Waals surface area contributed by atoms with E-state index < -0.39 is 0 Å². The molecule has 0 saturated heterocycles. The van der Waals surface area contributed by atoms with Crippen LogP contribution in [0, 0.1) is 6.92 Å². The zero-order valence-corrected chi connectivity index (χ0v) is 16.9. The topological polar surface area (TPSA) is 59.9 Å². The number of methoxy groups -OCH3 is 1. The van der Waals surface area contributed by atoms with E-state index in [4.69, 9.17) is 21.1 Å². The second-order valence-electron chi connectivity index (χ2n) is 6.39. The average Bonchev–Trinajstić information content (AvgIpc) is 2.73. The lowest BCUT2D eigenvalue weighted by molar-refractivity contribution is 0.0955. The highest BCUT2D eigenvalue weighted by Crippen LogP contribution is 2.28. The van der Waals surface area contributed by atoms with Gasteiger partial charge in [0.15, 0.2) is 11.5 Å². The number of benzene rings is 3. The van der Waals surface area contributed by atoms with Gasteiger partial charge in [-0.3, -0.25) is 4.79 Å². The van der Waals surface area contributed by atoms with Crippen LogP contribution >= 0.6 is 11.6 Å². The highest BCUT2D eigenvalue weighted by molar-refractivity contribution is 6.30. The normalized spacial score (nSPS) is 10.7. The third-order valence-corrected chi connectivity index (χ3v) is 4.40. The summed E-state index contributed by atoms with van der Waals surface area (Å²) in [5.74, 6) is 0.906. The van der Waals surface area contributed by atoms with Gasteiger partial charge in [0.1, 0.15) is 6.61 Å². The highest BCUT2D eigenvalue weighted by atomic mass is 35.5. The summed E-state index contributed by atoms with van der Waals surface area (Å²) in [7, 11) is 1.57. The molecule has 29 heavy (non-hydrogen) atoms. The molecule has 3 rings (SSSR count). The summed E-state index contributed by atoms with van der Waals surface area (Å²) in [5.41, 5.74) is 5.89. The average molecular weight is 409 g/mol. The maximum atomic E-state index is 12.1. The highest BCUT2D eigenvalue weighted by Gasteiger charge is 2.07. The van der Waals surface area contributed by atoms with Crippen molar-refractivity contribution in [3.05, 3.63) is 94.0 Å². The minimum atomic E-state index is -0.269. The molecule has 0 heterocycles. The zero-order valence-electron chi connectivity index (χ0n) is 16.2. The number of ether oxygens (including phenoxy) is 2. The van der Waals surface area contributed by atoms with E-state index in [1.165, 1.54) is 0 Å². The molecule has 6 heteroatoms. The summed E-state index contributed by atoms with van der Waals surface area (Å²) in [6.07, 6.45) is 1.55. The Kier molecular flexibility index (Phi) is 6.87. The Morgan fingerprint density at radius 2 is 1.86 bits per heavy atom. The minimum Gasteiger partial charge on any atom is -0.493 e. The number of halogens is 1. The molecule has 148 valence electrons. The third kappa shape index (κ3) is 5.83. The van der Waals surface area contributed by atoms with Crippen LogP contribution in [0.25, 0.3) is 0 Å². The molecule has 0 unspecified atom stereocenters. The number of nitrogens with one attached hydrogen (secondary N) is 1. The van der Waals surface area contributed by atoms with Gasteiger partial charge in [0.2, 0.25) is 0 Å². The first-order chi connectivity index (χ1) is 14.0. The number of rotatable bonds is 7. The summed E-state index contributed by atoms with van der Waals surface area (Å²) in [4.78, 5) is 12.1. The van der Waals surface area contributed by atoms with Gasteiger partial charge >= 0.3 is 0 Å². The monoisotopic (exact) mass is 408 g/mol. The molecule has 0 saturated carbocycles. The summed E-state index contributed by atoms with van der Waals surface area (Å²) >= 11 is 6.00. The molecule has 0 fully saturated rings. The van der Waals surface area contributed by atoms with Crippen LogP contribution in [0.2, 0.25) is 5.02 Å². The van der Waals surface area contributed by atoms with Crippen molar-refractivity contribution in [3.8, 4) is 11.5 Å². The first-order valence-corrected chi connectivity index (χ1v) is 9.38. The third-order valence-electron chi connectivity index (χ3n) is 4.16. The molecular formula is C23H21ClN2O3. The van der Waals surface area contributed by atoms with E-state index in [1.807, 2.05) is 49.4 Å². The summed E-state index contributed by atoms with van der Waals surface area (Å²) in [6.45, 7) is 2.34. The van der Waals surface area contributed by atoms with Crippen LogP contribution in [-0.4, -0.2) is 19.2 Å². The van der Waals surface area contributed by atoms with Crippen LogP contribution in [0.1, 0.15) is 27.0 Å². The fourth-order valence-corrected chi connectivity index (χ4v) is 2.82. The van der Waals surface area contributed by atoms with Gasteiger partial charge in [-0.2, -0.15) is 5.10 Å². The van der Waals surface area contributed by atoms with Crippen molar-refractivity contribution in [3.63, 3.8) is 0 Å². The van der Waals surface area contributed by atoms with Crippen LogP contribution in [0.5, 0.6) is 11.5 Å². The van der Waals surface area contributed by atoms with Crippen molar-refractivity contribution < 1.29 is 14.3 Å². The van der Waals surface area contributed by atoms with Gasteiger partial charge in [0.05, 0.1) is 13.3 Å². The predicted octanol–water partition coefficient (Wildman–Crippen LogP) is 5.00. The number of amides is 1. The summed E-state index contributed by atoms with van der Waals surface area (Å²) in [6, 6.07) is 20.2. The molecular weight excluding hydrogens is 388 g/mol. The molecule has 3 aromatic rings. The molecule has 0 aliphatic heterocycles. The van der Waals surface area contributed by atoms with Crippen LogP contribution in [-0.2, 0) is 6.61 Å². The smallest absolute Gasteiger partial charge is 0.271 e. The van der Waals surface area contributed by atoms with Crippen molar-refractivity contribution in [1.29, 1.82) is 0 Å². The van der Waals surface area contributed by atoms with Gasteiger partial charge in [-0.15, -0.1) is 0 Å². The molecule has 0 aliphatic carbocycles. The molecule has 0 bridgehead atoms. The largest absolute Gasteiger partial charge is 0.493 e. The number of carbonyl (C=O) groups is 1. The van der Waals surface area contributed by atoms with Gasteiger partial charge in [-0.05, 0) is 60.5 Å². The van der Waals surface area contributed by atoms with Gasteiger partial charge in [-0.25, -0.2) is 5.43 Å². The van der Waals surface area contributed by atoms with E-state index >= 15 is 0 Å². The standard InChI is InChI=1S/C23H21ClN2O3/c1-16-6-9-19(10-7-16)23(27)26-25-14-17-8-11-21(22(13-17)28-2)29-15-18-4-3-5-20(24)12-18/h3-14H,15H2,1-2H3,(H,26,27)/b25-14-. The Morgan fingerprint density at radius 3 is 2.59 bits per heavy atom. The maximum Gasteiger partial charge on any atom is 0.271 e. The molecule has 1 N–H and O–H groups in total. The second kappa shape index (κ2) is 9.75. The summed E-state index contributed by atoms with van der Waals surface area (Å²) < 4.78 is 11.2. The lowest BCUT2D eigenvalue weighted by Crippen LogP contribution is -2.17. The first-order valence-electron chi connectivity index (χ1n) is 9.00. The molecule has 0 spiro atoms. The quantitative estimate of drug-likeness (QED) is 0.442. The Bertz CT molecular complexity index is 1020. The van der Waals surface area contributed by atoms with E-state index in [-0.39, 0.29) is 5.91 Å². The van der Waals surface area contributed by atoms with Crippen molar-refractivity contribution in [2.75, 3.05) is 7.11 Å². The molecule has 0 aliphatic rings. The van der Waals surface area contributed by atoms with Crippen LogP contribution in [0.4, 0.5) is 0 Å². The van der Waals surface area contributed by atoms with E-state index in [0.717, 1.165) is 16.7 Å². The number of aryl methyl sites for hydroxylation is 1. The van der Waals surface area contributed by atoms with Gasteiger partial charge in [0, 0.05) is 10.6 Å². The number of hydrazone groups is 1. The fourth-order valence-electron chi connectivity index (χ4n) is 2.61. The van der Waals surface area contributed by atoms with Gasteiger partial charge < -0.3 is 9.47 Å². The molecule has 1 amide bonds. The van der Waals surface area contributed by atoms with Crippen LogP contribution in [0.3, 0.4) is 0 Å². The van der Waals surface area contributed by atoms with E-state index in [0.29, 0.717) is 28.7 Å². The van der Waals surface area contributed by atoms with Crippen LogP contribution in [0.15, 0.2) is 71.8 Å². The molecule has 0 radical (unpaired) electrons. The number of carbonyl (C=O) groups excluding carboxylic acids is 1. The number of hydrogen-bond acceptors (Lipinski definition) is 4. The predicted molar refractivity (Wildman–Crippen MR) is 115 cm³/mol. The molecule has 0 aromatic heterocycles. The number of hydrogen-bond donors (Lipinski definition) is 1. The SMILES string of the molecule is COc1cc(/C=N\NC(=O)c2ccc(C)cc2)ccc1OCc1cccc(Cl)c1. The molecule has 5 nitrogen and oxygen atoms in total. The second-order valence-corrected chi connectivity index (χ2v) is 6.83. The first kappa shape index (κ1) is 20.4. The lowest BCUT2D eigenvalue weighted by atomic mass is 10.1. The Balaban J connectivity index is 1.62. The van der Waals surface area contributed by atoms with Crippen molar-refractivity contribution >= 4 is 23.7 Å². The molecule has 0 atom stereocenters. The van der Waals surface area contributed by atoms with Gasteiger partial charge in [-0.1, -0.05) is 41.4 Å². The van der Waals surface area contributed by atoms with Crippen LogP contribution < -0.4 is 14.9 Å². The number of nitrogens with zero attached hydrogens (tertiary/aromatic N) is 1. The summed E-state index contributed by atoms with van der Waals surface area (Å²) in [5, 5.41) is 4.68. The van der Waals surface area contributed by atoms with Crippen molar-refractivity contribution in [2.24, 2.45) is 5.10 Å². The zero-order chi connectivity index (χ0) is 20.6. The van der Waals surface area contributed by atoms with E-state index in [1.54, 1.807) is 37.6 Å².